The van der Waals surface area contributed by atoms with E-state index in [0.29, 0.717) is 11.5 Å². The van der Waals surface area contributed by atoms with Crippen molar-refractivity contribution in [1.82, 2.24) is 4.90 Å². The van der Waals surface area contributed by atoms with Crippen LogP contribution in [0.5, 0.6) is 0 Å². The number of hydrogen-bond donors (Lipinski definition) is 2. The van der Waals surface area contributed by atoms with Gasteiger partial charge in [0.05, 0.1) is 12.0 Å². The van der Waals surface area contributed by atoms with E-state index in [0.717, 1.165) is 31.9 Å². The monoisotopic (exact) mass is 362 g/mol. The molecule has 142 valence electrons. The standard InChI is InChI=1S/C19H27FN4O2/c1-18(2)16(25)24(4)17(21)23-19(18,3)14-9-13(5-6-15(14)20)22-10-12-7-8-26-11-12/h5-6,9,12,22H,7-8,10-11H2,1-4H3,(H2,21,23)/t12?,19-/m1/s1. The van der Waals surface area contributed by atoms with Crippen LogP contribution in [0.3, 0.4) is 0 Å². The molecule has 0 radical (unpaired) electrons. The van der Waals surface area contributed by atoms with Crippen molar-refractivity contribution in [2.24, 2.45) is 22.1 Å². The van der Waals surface area contributed by atoms with Crippen molar-refractivity contribution in [3.8, 4) is 0 Å². The minimum Gasteiger partial charge on any atom is -0.385 e. The van der Waals surface area contributed by atoms with E-state index in [1.807, 2.05) is 0 Å². The molecule has 1 aromatic rings. The maximum absolute atomic E-state index is 14.8. The van der Waals surface area contributed by atoms with Gasteiger partial charge in [-0.1, -0.05) is 0 Å². The van der Waals surface area contributed by atoms with Crippen molar-refractivity contribution in [2.45, 2.75) is 32.7 Å². The third kappa shape index (κ3) is 2.94. The molecule has 2 atom stereocenters. The lowest BCUT2D eigenvalue weighted by Gasteiger charge is -2.46. The Morgan fingerprint density at radius 3 is 2.81 bits per heavy atom. The summed E-state index contributed by atoms with van der Waals surface area (Å²) >= 11 is 0. The van der Waals surface area contributed by atoms with Crippen LogP contribution >= 0.6 is 0 Å². The minimum atomic E-state index is -1.10. The molecule has 2 aliphatic rings. The molecule has 2 aliphatic heterocycles. The summed E-state index contributed by atoms with van der Waals surface area (Å²) in [6.07, 6.45) is 1.02. The molecule has 1 aromatic carbocycles. The number of benzene rings is 1. The van der Waals surface area contributed by atoms with Crippen molar-refractivity contribution in [3.63, 3.8) is 0 Å². The molecular weight excluding hydrogens is 335 g/mol. The average Bonchev–Trinajstić information content (AvgIpc) is 3.11. The predicted octanol–water partition coefficient (Wildman–Crippen LogP) is 2.30. The van der Waals surface area contributed by atoms with E-state index >= 15 is 0 Å². The fourth-order valence-corrected chi connectivity index (χ4v) is 3.59. The third-order valence-corrected chi connectivity index (χ3v) is 5.85. The van der Waals surface area contributed by atoms with Crippen LogP contribution in [0.1, 0.15) is 32.8 Å². The SMILES string of the molecule is CN1C(=O)C(C)(C)[C@@](C)(c2cc(NCC3CCOC3)ccc2F)N=C1N. The summed E-state index contributed by atoms with van der Waals surface area (Å²) in [5.41, 5.74) is 5.05. The molecule has 1 fully saturated rings. The first-order valence-electron chi connectivity index (χ1n) is 8.92. The number of nitrogens with one attached hydrogen (secondary N) is 1. The highest BCUT2D eigenvalue weighted by Crippen LogP contribution is 2.47. The Labute approximate surface area is 153 Å². The van der Waals surface area contributed by atoms with Gasteiger partial charge in [-0.3, -0.25) is 9.69 Å². The van der Waals surface area contributed by atoms with Crippen molar-refractivity contribution in [2.75, 3.05) is 32.1 Å². The Bertz CT molecular complexity index is 743. The zero-order chi connectivity index (χ0) is 19.1. The van der Waals surface area contributed by atoms with Crippen molar-refractivity contribution < 1.29 is 13.9 Å². The van der Waals surface area contributed by atoms with Crippen LogP contribution in [0.15, 0.2) is 23.2 Å². The highest BCUT2D eigenvalue weighted by Gasteiger charge is 2.53. The van der Waals surface area contributed by atoms with Gasteiger partial charge in [-0.2, -0.15) is 0 Å². The van der Waals surface area contributed by atoms with E-state index in [1.165, 1.54) is 11.0 Å². The second-order valence-electron chi connectivity index (χ2n) is 7.84. The van der Waals surface area contributed by atoms with Gasteiger partial charge in [0, 0.05) is 37.4 Å². The summed E-state index contributed by atoms with van der Waals surface area (Å²) < 4.78 is 20.1. The van der Waals surface area contributed by atoms with Gasteiger partial charge in [-0.25, -0.2) is 9.38 Å². The topological polar surface area (TPSA) is 80.0 Å². The zero-order valence-electron chi connectivity index (χ0n) is 15.8. The predicted molar refractivity (Wildman–Crippen MR) is 99.3 cm³/mol. The van der Waals surface area contributed by atoms with Crippen molar-refractivity contribution in [3.05, 3.63) is 29.6 Å². The Kier molecular flexibility index (Phi) is 4.69. The average molecular weight is 362 g/mol. The normalized spacial score (nSPS) is 28.2. The fourth-order valence-electron chi connectivity index (χ4n) is 3.59. The summed E-state index contributed by atoms with van der Waals surface area (Å²) in [5, 5.41) is 3.35. The van der Waals surface area contributed by atoms with Crippen LogP contribution in [0.2, 0.25) is 0 Å². The number of carbonyl (C=O) groups excluding carboxylic acids is 1. The Morgan fingerprint density at radius 1 is 1.42 bits per heavy atom. The molecule has 0 bridgehead atoms. The lowest BCUT2D eigenvalue weighted by Crippen LogP contribution is -2.58. The van der Waals surface area contributed by atoms with Crippen molar-refractivity contribution >= 4 is 17.6 Å². The number of aliphatic imine (C=N–C) groups is 1. The fraction of sp³-hybridized carbons (Fsp3) is 0.579. The summed E-state index contributed by atoms with van der Waals surface area (Å²) in [7, 11) is 1.58. The van der Waals surface area contributed by atoms with Gasteiger partial charge < -0.3 is 15.8 Å². The largest absolute Gasteiger partial charge is 0.385 e. The molecule has 3 N–H and O–H groups in total. The molecule has 7 heteroatoms. The van der Waals surface area contributed by atoms with Gasteiger partial charge in [-0.05, 0) is 45.4 Å². The van der Waals surface area contributed by atoms with Gasteiger partial charge in [-0.15, -0.1) is 0 Å². The zero-order valence-corrected chi connectivity index (χ0v) is 15.8. The lowest BCUT2D eigenvalue weighted by molar-refractivity contribution is -0.140. The molecule has 26 heavy (non-hydrogen) atoms. The Morgan fingerprint density at radius 2 is 2.15 bits per heavy atom. The number of nitrogens with two attached hydrogens (primary N) is 1. The third-order valence-electron chi connectivity index (χ3n) is 5.85. The van der Waals surface area contributed by atoms with E-state index in [1.54, 1.807) is 40.0 Å². The maximum Gasteiger partial charge on any atom is 0.237 e. The smallest absolute Gasteiger partial charge is 0.237 e. The van der Waals surface area contributed by atoms with Gasteiger partial charge in [0.15, 0.2) is 5.96 Å². The van der Waals surface area contributed by atoms with Crippen LogP contribution in [0, 0.1) is 17.2 Å². The number of halogens is 1. The van der Waals surface area contributed by atoms with Crippen LogP contribution in [0.4, 0.5) is 10.1 Å². The number of carbonyl (C=O) groups is 1. The second kappa shape index (κ2) is 6.54. The first-order valence-corrected chi connectivity index (χ1v) is 8.92. The molecule has 1 unspecified atom stereocenters. The molecule has 6 nitrogen and oxygen atoms in total. The summed E-state index contributed by atoms with van der Waals surface area (Å²) in [6, 6.07) is 4.86. The molecule has 0 saturated carbocycles. The first-order chi connectivity index (χ1) is 12.2. The van der Waals surface area contributed by atoms with Crippen LogP contribution in [-0.4, -0.2) is 43.6 Å². The number of guanidine groups is 1. The van der Waals surface area contributed by atoms with E-state index in [4.69, 9.17) is 10.5 Å². The molecular formula is C19H27FN4O2. The van der Waals surface area contributed by atoms with Gasteiger partial charge in [0.1, 0.15) is 11.4 Å². The number of hydrogen-bond acceptors (Lipinski definition) is 5. The quantitative estimate of drug-likeness (QED) is 0.861. The number of rotatable bonds is 4. The number of anilines is 1. The Balaban J connectivity index is 1.96. The van der Waals surface area contributed by atoms with E-state index in [-0.39, 0.29) is 11.9 Å². The Hall–Kier alpha value is -2.15. The highest BCUT2D eigenvalue weighted by molar-refractivity contribution is 6.01. The highest BCUT2D eigenvalue weighted by atomic mass is 19.1. The maximum atomic E-state index is 14.8. The first kappa shape index (κ1) is 18.6. The van der Waals surface area contributed by atoms with Gasteiger partial charge in [0.2, 0.25) is 5.91 Å². The van der Waals surface area contributed by atoms with Gasteiger partial charge in [0.25, 0.3) is 0 Å². The molecule has 3 rings (SSSR count). The molecule has 0 aromatic heterocycles. The number of nitrogens with zero attached hydrogens (tertiary/aromatic N) is 2. The van der Waals surface area contributed by atoms with Crippen LogP contribution in [0.25, 0.3) is 0 Å². The summed E-state index contributed by atoms with van der Waals surface area (Å²) in [6.45, 7) is 7.61. The molecule has 1 saturated heterocycles. The minimum absolute atomic E-state index is 0.0951. The van der Waals surface area contributed by atoms with Crippen molar-refractivity contribution in [1.29, 1.82) is 0 Å². The van der Waals surface area contributed by atoms with E-state index in [9.17, 15) is 9.18 Å². The van der Waals surface area contributed by atoms with Crippen LogP contribution in [-0.2, 0) is 15.1 Å². The molecule has 0 spiro atoms. The van der Waals surface area contributed by atoms with E-state index in [2.05, 4.69) is 10.3 Å². The molecule has 1 amide bonds. The second-order valence-corrected chi connectivity index (χ2v) is 7.84. The van der Waals surface area contributed by atoms with Gasteiger partial charge >= 0.3 is 0 Å². The number of amides is 1. The lowest BCUT2D eigenvalue weighted by atomic mass is 9.67. The molecule has 2 heterocycles. The van der Waals surface area contributed by atoms with E-state index < -0.39 is 16.8 Å². The number of ether oxygens (including phenoxy) is 1. The molecule has 0 aliphatic carbocycles. The summed E-state index contributed by atoms with van der Waals surface area (Å²) in [5.74, 6) is -0.0376. The summed E-state index contributed by atoms with van der Waals surface area (Å²) in [4.78, 5) is 18.6. The van der Waals surface area contributed by atoms with Crippen LogP contribution < -0.4 is 11.1 Å².